The van der Waals surface area contributed by atoms with Crippen molar-refractivity contribution in [3.8, 4) is 0 Å². The summed E-state index contributed by atoms with van der Waals surface area (Å²) >= 11 is 5.73. The Labute approximate surface area is 88.8 Å². The van der Waals surface area contributed by atoms with Gasteiger partial charge < -0.3 is 5.73 Å². The minimum atomic E-state index is -3.09. The predicted molar refractivity (Wildman–Crippen MR) is 58.0 cm³/mol. The van der Waals surface area contributed by atoms with E-state index in [4.69, 9.17) is 17.3 Å². The fourth-order valence-electron chi connectivity index (χ4n) is 1.13. The summed E-state index contributed by atoms with van der Waals surface area (Å²) in [6.45, 7) is 0.156. The standard InChI is InChI=1S/C9H12ClNO2S/c10-9-3-1-2-8(6-9)7-14(12,13)5-4-11/h1-3,6H,4-5,7,11H2. The summed E-state index contributed by atoms with van der Waals surface area (Å²) < 4.78 is 22.8. The largest absolute Gasteiger partial charge is 0.329 e. The molecule has 0 saturated heterocycles. The lowest BCUT2D eigenvalue weighted by Crippen LogP contribution is -2.17. The highest BCUT2D eigenvalue weighted by Gasteiger charge is 2.10. The Balaban J connectivity index is 2.79. The number of halogens is 1. The molecule has 0 atom stereocenters. The summed E-state index contributed by atoms with van der Waals surface area (Å²) in [6, 6.07) is 6.83. The van der Waals surface area contributed by atoms with Gasteiger partial charge in [-0.05, 0) is 17.7 Å². The average Bonchev–Trinajstić information content (AvgIpc) is 2.02. The van der Waals surface area contributed by atoms with E-state index in [1.165, 1.54) is 0 Å². The number of nitrogens with two attached hydrogens (primary N) is 1. The van der Waals surface area contributed by atoms with Crippen LogP contribution in [0.3, 0.4) is 0 Å². The van der Waals surface area contributed by atoms with Crippen LogP contribution in [-0.2, 0) is 15.6 Å². The van der Waals surface area contributed by atoms with Gasteiger partial charge in [0.2, 0.25) is 0 Å². The van der Waals surface area contributed by atoms with Crippen molar-refractivity contribution in [2.45, 2.75) is 5.75 Å². The zero-order valence-corrected chi connectivity index (χ0v) is 9.18. The van der Waals surface area contributed by atoms with E-state index in [2.05, 4.69) is 0 Å². The molecule has 78 valence electrons. The molecule has 0 bridgehead atoms. The van der Waals surface area contributed by atoms with Gasteiger partial charge in [-0.25, -0.2) is 8.42 Å². The number of hydrogen-bond acceptors (Lipinski definition) is 3. The Morgan fingerprint density at radius 1 is 1.36 bits per heavy atom. The summed E-state index contributed by atoms with van der Waals surface area (Å²) in [7, 11) is -3.09. The second kappa shape index (κ2) is 4.77. The van der Waals surface area contributed by atoms with Crippen LogP contribution in [0.1, 0.15) is 5.56 Å². The first-order chi connectivity index (χ1) is 6.53. The van der Waals surface area contributed by atoms with E-state index < -0.39 is 9.84 Å². The Morgan fingerprint density at radius 2 is 2.07 bits per heavy atom. The molecule has 1 aromatic rings. The maximum absolute atomic E-state index is 11.4. The third kappa shape index (κ3) is 3.65. The molecule has 5 heteroatoms. The Morgan fingerprint density at radius 3 is 2.64 bits per heavy atom. The van der Waals surface area contributed by atoms with Crippen molar-refractivity contribution in [2.24, 2.45) is 5.73 Å². The van der Waals surface area contributed by atoms with Gasteiger partial charge in [0.25, 0.3) is 0 Å². The van der Waals surface area contributed by atoms with Gasteiger partial charge in [-0.2, -0.15) is 0 Å². The molecule has 0 fully saturated rings. The first kappa shape index (κ1) is 11.5. The van der Waals surface area contributed by atoms with Gasteiger partial charge in [0.05, 0.1) is 11.5 Å². The lowest BCUT2D eigenvalue weighted by Gasteiger charge is -2.02. The molecule has 0 amide bonds. The van der Waals surface area contributed by atoms with Gasteiger partial charge >= 0.3 is 0 Å². The number of hydrogen-bond donors (Lipinski definition) is 1. The van der Waals surface area contributed by atoms with Gasteiger partial charge in [0, 0.05) is 11.6 Å². The lowest BCUT2D eigenvalue weighted by molar-refractivity contribution is 0.595. The second-order valence-electron chi connectivity index (χ2n) is 3.01. The van der Waals surface area contributed by atoms with Crippen LogP contribution in [0.2, 0.25) is 5.02 Å². The highest BCUT2D eigenvalue weighted by Crippen LogP contribution is 2.13. The Hall–Kier alpha value is -0.580. The van der Waals surface area contributed by atoms with Crippen LogP contribution in [0, 0.1) is 0 Å². The molecule has 14 heavy (non-hydrogen) atoms. The van der Waals surface area contributed by atoms with E-state index in [9.17, 15) is 8.42 Å². The second-order valence-corrected chi connectivity index (χ2v) is 5.63. The fourth-order valence-corrected chi connectivity index (χ4v) is 2.54. The number of sulfone groups is 1. The molecule has 0 aromatic heterocycles. The average molecular weight is 234 g/mol. The van der Waals surface area contributed by atoms with Crippen LogP contribution in [0.5, 0.6) is 0 Å². The third-order valence-electron chi connectivity index (χ3n) is 1.70. The van der Waals surface area contributed by atoms with Crippen molar-refractivity contribution in [3.05, 3.63) is 34.9 Å². The first-order valence-electron chi connectivity index (χ1n) is 4.18. The fraction of sp³-hybridized carbons (Fsp3) is 0.333. The van der Waals surface area contributed by atoms with E-state index in [-0.39, 0.29) is 18.1 Å². The predicted octanol–water partition coefficient (Wildman–Crippen LogP) is 1.21. The van der Waals surface area contributed by atoms with Crippen molar-refractivity contribution in [2.75, 3.05) is 12.3 Å². The molecule has 0 aliphatic heterocycles. The van der Waals surface area contributed by atoms with Crippen molar-refractivity contribution in [1.29, 1.82) is 0 Å². The van der Waals surface area contributed by atoms with Crippen molar-refractivity contribution in [3.63, 3.8) is 0 Å². The van der Waals surface area contributed by atoms with Gasteiger partial charge in [-0.1, -0.05) is 23.7 Å². The summed E-state index contributed by atoms with van der Waals surface area (Å²) in [5, 5.41) is 0.547. The molecule has 1 aromatic carbocycles. The molecule has 0 saturated carbocycles. The summed E-state index contributed by atoms with van der Waals surface area (Å²) in [5.41, 5.74) is 5.89. The molecule has 2 N–H and O–H groups in total. The minimum Gasteiger partial charge on any atom is -0.329 e. The van der Waals surface area contributed by atoms with Gasteiger partial charge in [0.1, 0.15) is 0 Å². The highest BCUT2D eigenvalue weighted by molar-refractivity contribution is 7.90. The molecule has 0 heterocycles. The van der Waals surface area contributed by atoms with Gasteiger partial charge in [0.15, 0.2) is 9.84 Å². The van der Waals surface area contributed by atoms with Crippen LogP contribution < -0.4 is 5.73 Å². The van der Waals surface area contributed by atoms with E-state index in [1.54, 1.807) is 24.3 Å². The van der Waals surface area contributed by atoms with E-state index in [0.29, 0.717) is 10.6 Å². The lowest BCUT2D eigenvalue weighted by atomic mass is 10.2. The summed E-state index contributed by atoms with van der Waals surface area (Å²) in [5.74, 6) is 0.0181. The summed E-state index contributed by atoms with van der Waals surface area (Å²) in [4.78, 5) is 0. The van der Waals surface area contributed by atoms with E-state index in [1.807, 2.05) is 0 Å². The third-order valence-corrected chi connectivity index (χ3v) is 3.57. The molecule has 0 aliphatic carbocycles. The van der Waals surface area contributed by atoms with E-state index in [0.717, 1.165) is 0 Å². The maximum atomic E-state index is 11.4. The molecule has 0 unspecified atom stereocenters. The Bertz CT molecular complexity index is 403. The molecule has 0 spiro atoms. The van der Waals surface area contributed by atoms with E-state index >= 15 is 0 Å². The van der Waals surface area contributed by atoms with Crippen molar-refractivity contribution >= 4 is 21.4 Å². The zero-order chi connectivity index (χ0) is 10.6. The molecule has 0 aliphatic rings. The topological polar surface area (TPSA) is 60.2 Å². The SMILES string of the molecule is NCCS(=O)(=O)Cc1cccc(Cl)c1. The molecular weight excluding hydrogens is 222 g/mol. The normalized spacial score (nSPS) is 11.6. The molecule has 0 radical (unpaired) electrons. The minimum absolute atomic E-state index is 0.00472. The highest BCUT2D eigenvalue weighted by atomic mass is 35.5. The van der Waals surface area contributed by atoms with Crippen LogP contribution in [0.4, 0.5) is 0 Å². The van der Waals surface area contributed by atoms with Crippen LogP contribution in [0.15, 0.2) is 24.3 Å². The van der Waals surface area contributed by atoms with Gasteiger partial charge in [-0.3, -0.25) is 0 Å². The van der Waals surface area contributed by atoms with Crippen LogP contribution in [-0.4, -0.2) is 20.7 Å². The maximum Gasteiger partial charge on any atom is 0.155 e. The van der Waals surface area contributed by atoms with Gasteiger partial charge in [-0.15, -0.1) is 0 Å². The molecule has 1 rings (SSSR count). The zero-order valence-electron chi connectivity index (χ0n) is 7.61. The summed E-state index contributed by atoms with van der Waals surface area (Å²) in [6.07, 6.45) is 0. The number of benzene rings is 1. The van der Waals surface area contributed by atoms with Crippen molar-refractivity contribution < 1.29 is 8.42 Å². The smallest absolute Gasteiger partial charge is 0.155 e. The van der Waals surface area contributed by atoms with Crippen molar-refractivity contribution in [1.82, 2.24) is 0 Å². The molecular formula is C9H12ClNO2S. The Kier molecular flexibility index (Phi) is 3.92. The van der Waals surface area contributed by atoms with Crippen LogP contribution >= 0.6 is 11.6 Å². The molecule has 3 nitrogen and oxygen atoms in total. The number of rotatable bonds is 4. The monoisotopic (exact) mass is 233 g/mol. The van der Waals surface area contributed by atoms with Crippen LogP contribution in [0.25, 0.3) is 0 Å². The quantitative estimate of drug-likeness (QED) is 0.851. The first-order valence-corrected chi connectivity index (χ1v) is 6.38.